The highest BCUT2D eigenvalue weighted by Crippen LogP contribution is 2.55. The lowest BCUT2D eigenvalue weighted by Gasteiger charge is -2.47. The Balaban J connectivity index is 1.26. The van der Waals surface area contributed by atoms with Crippen LogP contribution in [0.25, 0.3) is 49.7 Å². The van der Waals surface area contributed by atoms with Crippen LogP contribution in [0.1, 0.15) is 178 Å². The van der Waals surface area contributed by atoms with Crippen LogP contribution in [0, 0.1) is 0 Å². The van der Waals surface area contributed by atoms with E-state index in [1.165, 1.54) is 9.47 Å². The van der Waals surface area contributed by atoms with E-state index in [4.69, 9.17) is 6.85 Å². The Hall–Kier alpha value is -8.54. The van der Waals surface area contributed by atoms with Gasteiger partial charge in [-0.05, 0) is 184 Å². The minimum absolute atomic E-state index is 0.00112. The fourth-order valence-electron chi connectivity index (χ4n) is 10.8. The lowest BCUT2D eigenvalue weighted by Crippen LogP contribution is -2.62. The van der Waals surface area contributed by atoms with Crippen molar-refractivity contribution in [3.05, 3.63) is 233 Å². The molecule has 0 unspecified atom stereocenters. The maximum absolute atomic E-state index is 11.3. The standard InChI is InChI=1S/C80H79BN4/c1-76(2,3)54-30-37-59(38-31-54)82(60-39-32-55(33-40-60)77(4,5)6)62-41-42-65-69(49-62)83(61-35-28-53(29-36-61)52-26-24-51(25-27-52)50-20-17-16-18-21-50)70-46-58(80(13,14)15)47-71-73(70)81(65)66-22-19-23-68-75(66)85(71)72-48-57(79(10,11)12)45-64-63-44-56(78(7,8)9)34-43-67(63)84(68)74(64)72/h16-49H,1-15H3/i16D,17D,18D,19D,20D,21D,22D,23D,24D,25D,26D,27D,28D,29D,30D,31D,32D,33D,34D,35D,36D,37D,38D,39D,40D,41D,42D,43D,44D,45D,46D,47D,48D,49D. The molecule has 0 saturated heterocycles. The minimum Gasteiger partial charge on any atom is -0.311 e. The highest BCUT2D eigenvalue weighted by molar-refractivity contribution is 7.00. The number of anilines is 9. The second-order valence-electron chi connectivity index (χ2n) is 26.8. The van der Waals surface area contributed by atoms with E-state index in [2.05, 4.69) is 0 Å². The number of aromatic nitrogens is 1. The second kappa shape index (κ2) is 19.0. The van der Waals surface area contributed by atoms with Gasteiger partial charge in [0.15, 0.2) is 0 Å². The number of hydrogen-bond donors (Lipinski definition) is 0. The third kappa shape index (κ3) is 8.94. The van der Waals surface area contributed by atoms with Gasteiger partial charge in [-0.3, -0.25) is 0 Å². The predicted molar refractivity (Wildman–Crippen MR) is 367 cm³/mol. The van der Waals surface area contributed by atoms with Crippen molar-refractivity contribution >= 4 is 96.1 Å². The van der Waals surface area contributed by atoms with Gasteiger partial charge in [-0.25, -0.2) is 0 Å². The first kappa shape index (κ1) is 28.6. The van der Waals surface area contributed by atoms with E-state index < -0.39 is 311 Å². The summed E-state index contributed by atoms with van der Waals surface area (Å²) >= 11 is 0. The van der Waals surface area contributed by atoms with Crippen LogP contribution in [0.15, 0.2) is 205 Å². The van der Waals surface area contributed by atoms with E-state index >= 15 is 0 Å². The van der Waals surface area contributed by atoms with Crippen LogP contribution >= 0.6 is 0 Å². The fourth-order valence-corrected chi connectivity index (χ4v) is 10.8. The molecule has 4 heterocycles. The van der Waals surface area contributed by atoms with E-state index in [9.17, 15) is 39.8 Å². The number of fused-ring (bicyclic) bond motifs is 9. The van der Waals surface area contributed by atoms with Gasteiger partial charge in [-0.15, -0.1) is 0 Å². The number of hydrogen-bond acceptors (Lipinski definition) is 3. The molecule has 3 aliphatic heterocycles. The molecule has 0 bridgehead atoms. The molecule has 5 heteroatoms. The predicted octanol–water partition coefficient (Wildman–Crippen LogP) is 20.5. The molecule has 4 nitrogen and oxygen atoms in total. The van der Waals surface area contributed by atoms with Crippen molar-refractivity contribution in [2.75, 3.05) is 14.7 Å². The lowest BCUT2D eigenvalue weighted by atomic mass is 9.33. The average Bonchev–Trinajstić information content (AvgIpc) is 1.63. The zero-order valence-corrected chi connectivity index (χ0v) is 49.9. The SMILES string of the molecule is [2H]c1c([2H])c([2H])c(-c2c([2H])c([2H])c(-c3c([2H])c([2H])c(N4c5c([2H])c(N(c6c([2H])c([2H])c(C(C)(C)C)c([2H])c6[2H])c6c([2H])c([2H])c(C(C)(C)C)c([2H])c6[2H])c([2H])c([2H])c5B5c6c4c([2H])c(C(C)(C)C)c([2H])c6N4c6c5c([2H])c([2H])c([2H])c6-n5c6c([2H])c([2H])c(C(C)(C)C)c([2H])c6c6c([2H])c(C(C)(C)C)c([2H])c4c65)c([2H])c3[2H])c([2H])c2[2H])c([2H])c1[2H]. The van der Waals surface area contributed by atoms with Gasteiger partial charge in [-0.2, -0.15) is 0 Å². The normalized spacial score (nSPS) is 19.4. The summed E-state index contributed by atoms with van der Waals surface area (Å²) in [5, 5.41) is -0.186. The molecule has 0 N–H and O–H groups in total. The van der Waals surface area contributed by atoms with Gasteiger partial charge in [0.25, 0.3) is 6.71 Å². The quantitative estimate of drug-likeness (QED) is 0.154. The minimum atomic E-state index is -2.10. The molecular weight excluding hydrogens is 1030 g/mol. The summed E-state index contributed by atoms with van der Waals surface area (Å²) in [5.74, 6) is 0. The largest absolute Gasteiger partial charge is 0.311 e. The molecule has 0 radical (unpaired) electrons. The van der Waals surface area contributed by atoms with Gasteiger partial charge in [0, 0.05) is 50.6 Å². The van der Waals surface area contributed by atoms with Crippen molar-refractivity contribution < 1.29 is 46.6 Å². The van der Waals surface area contributed by atoms with Gasteiger partial charge in [-0.1, -0.05) is 219 Å². The molecule has 10 aromatic carbocycles. The summed E-state index contributed by atoms with van der Waals surface area (Å²) in [6.07, 6.45) is 0. The molecule has 0 spiro atoms. The van der Waals surface area contributed by atoms with Crippen LogP contribution in [-0.2, 0) is 27.1 Å². The summed E-state index contributed by atoms with van der Waals surface area (Å²) in [5.41, 5.74) is -19.0. The molecule has 85 heavy (non-hydrogen) atoms. The Kier molecular flexibility index (Phi) is 6.38. The van der Waals surface area contributed by atoms with Crippen molar-refractivity contribution in [2.45, 2.75) is 131 Å². The summed E-state index contributed by atoms with van der Waals surface area (Å²) < 4.78 is 339. The molecule has 11 aromatic rings. The molecular formula is C80H79BN4. The summed E-state index contributed by atoms with van der Waals surface area (Å²) in [7, 11) is 0. The number of para-hydroxylation sites is 1. The van der Waals surface area contributed by atoms with Crippen LogP contribution in [0.5, 0.6) is 0 Å². The summed E-state index contributed by atoms with van der Waals surface area (Å²) in [4.78, 5) is 2.72. The Morgan fingerprint density at radius 3 is 1.36 bits per heavy atom. The third-order valence-electron chi connectivity index (χ3n) is 15.4. The maximum Gasteiger partial charge on any atom is 0.252 e. The highest BCUT2D eigenvalue weighted by atomic mass is 15.2. The van der Waals surface area contributed by atoms with Crippen LogP contribution in [-0.4, -0.2) is 11.3 Å². The van der Waals surface area contributed by atoms with Crippen LogP contribution in [0.2, 0.25) is 0 Å². The Labute approximate surface area is 553 Å². The summed E-state index contributed by atoms with van der Waals surface area (Å²) in [6, 6.07) is -29.9. The number of nitrogens with zero attached hydrogens (tertiary/aromatic N) is 4. The van der Waals surface area contributed by atoms with E-state index in [0.717, 1.165) is 4.90 Å². The van der Waals surface area contributed by atoms with Gasteiger partial charge >= 0.3 is 0 Å². The van der Waals surface area contributed by atoms with Crippen molar-refractivity contribution in [1.82, 2.24) is 4.57 Å². The fraction of sp³-hybridized carbons (Fsp3) is 0.250. The Morgan fingerprint density at radius 1 is 0.341 bits per heavy atom. The molecule has 0 saturated carbocycles. The highest BCUT2D eigenvalue weighted by Gasteiger charge is 2.47. The van der Waals surface area contributed by atoms with E-state index in [1.54, 1.807) is 104 Å². The molecule has 0 amide bonds. The van der Waals surface area contributed by atoms with Crippen molar-refractivity contribution in [3.8, 4) is 27.9 Å². The molecule has 0 atom stereocenters. The number of benzene rings is 10. The zero-order chi connectivity index (χ0) is 89.0. The van der Waals surface area contributed by atoms with E-state index in [0.29, 0.717) is 4.90 Å². The molecule has 14 rings (SSSR count). The average molecular weight is 1140 g/mol. The van der Waals surface area contributed by atoms with Crippen LogP contribution in [0.3, 0.4) is 0 Å². The van der Waals surface area contributed by atoms with Gasteiger partial charge in [0.1, 0.15) is 0 Å². The zero-order valence-electron chi connectivity index (χ0n) is 83.9. The van der Waals surface area contributed by atoms with Gasteiger partial charge < -0.3 is 19.3 Å². The monoisotopic (exact) mass is 1140 g/mol. The topological polar surface area (TPSA) is 14.7 Å². The lowest BCUT2D eigenvalue weighted by molar-refractivity contribution is 0.590. The summed E-state index contributed by atoms with van der Waals surface area (Å²) in [6.45, 7) is 22.6. The smallest absolute Gasteiger partial charge is 0.252 e. The maximum atomic E-state index is 11.3. The second-order valence-corrected chi connectivity index (χ2v) is 26.8. The molecule has 0 fully saturated rings. The van der Waals surface area contributed by atoms with E-state index in [1.807, 2.05) is 0 Å². The van der Waals surface area contributed by atoms with Gasteiger partial charge in [0.05, 0.1) is 74.7 Å². The Bertz CT molecular complexity index is 6360. The van der Waals surface area contributed by atoms with Crippen molar-refractivity contribution in [3.63, 3.8) is 0 Å². The van der Waals surface area contributed by atoms with Crippen molar-refractivity contribution in [2.24, 2.45) is 0 Å². The first-order valence-corrected chi connectivity index (χ1v) is 28.0. The van der Waals surface area contributed by atoms with Crippen LogP contribution in [0.4, 0.5) is 51.2 Å². The molecule has 3 aliphatic rings. The number of rotatable bonds is 6. The first-order chi connectivity index (χ1) is 54.6. The van der Waals surface area contributed by atoms with Gasteiger partial charge in [0.2, 0.25) is 0 Å². The molecule has 0 aliphatic carbocycles. The molecule has 422 valence electrons. The first-order valence-electron chi connectivity index (χ1n) is 45.0. The Morgan fingerprint density at radius 2 is 0.812 bits per heavy atom. The third-order valence-corrected chi connectivity index (χ3v) is 15.4. The van der Waals surface area contributed by atoms with Crippen molar-refractivity contribution in [1.29, 1.82) is 0 Å². The molecule has 1 aromatic heterocycles. The van der Waals surface area contributed by atoms with Crippen LogP contribution < -0.4 is 31.1 Å². The van der Waals surface area contributed by atoms with E-state index in [-0.39, 0.29) is 73.1 Å².